The van der Waals surface area contributed by atoms with Crippen LogP contribution in [0.5, 0.6) is 5.75 Å². The molecule has 3 aromatic heterocycles. The number of alkyl halides is 3. The molecular formula is C20H14F3N5O2. The number of H-pyrrole nitrogens is 1. The summed E-state index contributed by atoms with van der Waals surface area (Å²) in [4.78, 5) is 23.0. The number of aromatic nitrogens is 5. The lowest BCUT2D eigenvalue weighted by Crippen LogP contribution is -2.28. The highest BCUT2D eigenvalue weighted by Crippen LogP contribution is 2.38. The van der Waals surface area contributed by atoms with Crippen molar-refractivity contribution < 1.29 is 22.7 Å². The van der Waals surface area contributed by atoms with Crippen LogP contribution in [0.25, 0.3) is 34.0 Å². The summed E-state index contributed by atoms with van der Waals surface area (Å²) in [5.41, 5.74) is 2.08. The van der Waals surface area contributed by atoms with Crippen LogP contribution in [0, 0.1) is 0 Å². The van der Waals surface area contributed by atoms with E-state index < -0.39 is 12.1 Å². The Balaban J connectivity index is 1.85. The van der Waals surface area contributed by atoms with Gasteiger partial charge in [0, 0.05) is 25.0 Å². The van der Waals surface area contributed by atoms with E-state index in [2.05, 4.69) is 20.1 Å². The number of carbonyl (C=O) groups excluding carboxylic acids is 1. The van der Waals surface area contributed by atoms with Gasteiger partial charge in [-0.2, -0.15) is 18.3 Å². The van der Waals surface area contributed by atoms with Crippen LogP contribution in [-0.4, -0.2) is 36.9 Å². The molecule has 0 saturated heterocycles. The molecule has 4 rings (SSSR count). The predicted molar refractivity (Wildman–Crippen MR) is 101 cm³/mol. The number of esters is 1. The summed E-state index contributed by atoms with van der Waals surface area (Å²) < 4.78 is 44.9. The lowest BCUT2D eigenvalue weighted by Gasteiger charge is -2.14. The van der Waals surface area contributed by atoms with Gasteiger partial charge < -0.3 is 9.72 Å². The first-order valence-electron chi connectivity index (χ1n) is 8.72. The summed E-state index contributed by atoms with van der Waals surface area (Å²) in [6.45, 7) is 0. The fourth-order valence-corrected chi connectivity index (χ4v) is 2.92. The molecule has 0 spiro atoms. The van der Waals surface area contributed by atoms with Crippen molar-refractivity contribution in [2.75, 3.05) is 0 Å². The minimum atomic E-state index is -5.17. The molecule has 0 aliphatic heterocycles. The molecule has 152 valence electrons. The van der Waals surface area contributed by atoms with Crippen LogP contribution < -0.4 is 4.74 Å². The molecule has 0 fully saturated rings. The number of pyridine rings is 1. The van der Waals surface area contributed by atoms with Gasteiger partial charge in [0.25, 0.3) is 0 Å². The highest BCUT2D eigenvalue weighted by atomic mass is 19.4. The maximum absolute atomic E-state index is 12.9. The SMILES string of the molecule is Cn1nccc1-c1ccnc(-c2ncc(-c3ccccc3)[nH]2)c1OC(=O)C(F)(F)F. The number of imidazole rings is 1. The number of hydrogen-bond donors (Lipinski definition) is 1. The Morgan fingerprint density at radius 1 is 1.07 bits per heavy atom. The second-order valence-electron chi connectivity index (χ2n) is 6.28. The van der Waals surface area contributed by atoms with E-state index in [9.17, 15) is 18.0 Å². The van der Waals surface area contributed by atoms with Gasteiger partial charge in [-0.15, -0.1) is 0 Å². The van der Waals surface area contributed by atoms with Crippen LogP contribution in [0.2, 0.25) is 0 Å². The van der Waals surface area contributed by atoms with Gasteiger partial charge in [0.05, 0.1) is 17.6 Å². The van der Waals surface area contributed by atoms with Crippen LogP contribution in [-0.2, 0) is 11.8 Å². The van der Waals surface area contributed by atoms with Crippen molar-refractivity contribution >= 4 is 5.97 Å². The number of ether oxygens (including phenoxy) is 1. The molecule has 10 heteroatoms. The Morgan fingerprint density at radius 2 is 1.83 bits per heavy atom. The van der Waals surface area contributed by atoms with Gasteiger partial charge in [0.2, 0.25) is 0 Å². The number of aryl methyl sites for hydroxylation is 1. The molecule has 0 bridgehead atoms. The van der Waals surface area contributed by atoms with Crippen molar-refractivity contribution in [1.82, 2.24) is 24.7 Å². The van der Waals surface area contributed by atoms with E-state index >= 15 is 0 Å². The van der Waals surface area contributed by atoms with Crippen LogP contribution in [0.15, 0.2) is 61.1 Å². The van der Waals surface area contributed by atoms with Crippen molar-refractivity contribution in [2.45, 2.75) is 6.18 Å². The Hall–Kier alpha value is -3.95. The van der Waals surface area contributed by atoms with E-state index in [1.54, 1.807) is 13.1 Å². The van der Waals surface area contributed by atoms with Gasteiger partial charge in [0.15, 0.2) is 11.6 Å². The molecule has 0 radical (unpaired) electrons. The predicted octanol–water partition coefficient (Wildman–Crippen LogP) is 4.01. The number of rotatable bonds is 4. The van der Waals surface area contributed by atoms with Crippen molar-refractivity contribution in [1.29, 1.82) is 0 Å². The summed E-state index contributed by atoms with van der Waals surface area (Å²) >= 11 is 0. The zero-order valence-corrected chi connectivity index (χ0v) is 15.5. The number of halogens is 3. The number of nitrogens with zero attached hydrogens (tertiary/aromatic N) is 4. The summed E-state index contributed by atoms with van der Waals surface area (Å²) in [6.07, 6.45) is -0.772. The summed E-state index contributed by atoms with van der Waals surface area (Å²) in [5, 5.41) is 4.02. The van der Waals surface area contributed by atoms with Crippen molar-refractivity contribution in [3.8, 4) is 39.8 Å². The highest BCUT2D eigenvalue weighted by Gasteiger charge is 2.42. The molecule has 0 aliphatic carbocycles. The quantitative estimate of drug-likeness (QED) is 0.511. The fourth-order valence-electron chi connectivity index (χ4n) is 2.92. The Kier molecular flexibility index (Phi) is 4.82. The lowest BCUT2D eigenvalue weighted by atomic mass is 10.1. The van der Waals surface area contributed by atoms with Crippen molar-refractivity contribution in [3.63, 3.8) is 0 Å². The third-order valence-electron chi connectivity index (χ3n) is 4.31. The van der Waals surface area contributed by atoms with Crippen molar-refractivity contribution in [3.05, 3.63) is 61.1 Å². The maximum Gasteiger partial charge on any atom is 0.491 e. The first-order chi connectivity index (χ1) is 14.3. The molecule has 0 amide bonds. The van der Waals surface area contributed by atoms with Gasteiger partial charge in [-0.05, 0) is 17.7 Å². The Bertz CT molecular complexity index is 1200. The number of benzene rings is 1. The molecule has 3 heterocycles. The van der Waals surface area contributed by atoms with Crippen LogP contribution in [0.4, 0.5) is 13.2 Å². The van der Waals surface area contributed by atoms with Gasteiger partial charge in [-0.3, -0.25) is 4.68 Å². The Morgan fingerprint density at radius 3 is 2.50 bits per heavy atom. The lowest BCUT2D eigenvalue weighted by molar-refractivity contribution is -0.189. The average molecular weight is 413 g/mol. The standard InChI is InChI=1S/C20H14F3N5O2/c1-28-15(8-10-26-28)13-7-9-24-16(17(13)30-19(29)20(21,22)23)18-25-11-14(27-18)12-5-3-2-4-6-12/h2-11H,1H3,(H,25,27). The molecule has 1 N–H and O–H groups in total. The summed E-state index contributed by atoms with van der Waals surface area (Å²) in [7, 11) is 1.62. The minimum absolute atomic E-state index is 0.0338. The molecule has 0 atom stereocenters. The Labute approximate surface area is 168 Å². The monoisotopic (exact) mass is 413 g/mol. The van der Waals surface area contributed by atoms with Gasteiger partial charge in [-0.25, -0.2) is 14.8 Å². The topological polar surface area (TPSA) is 85.7 Å². The molecule has 1 aromatic carbocycles. The van der Waals surface area contributed by atoms with E-state index in [-0.39, 0.29) is 22.8 Å². The molecule has 0 saturated carbocycles. The highest BCUT2D eigenvalue weighted by molar-refractivity contribution is 5.85. The largest absolute Gasteiger partial charge is 0.491 e. The van der Waals surface area contributed by atoms with Gasteiger partial charge >= 0.3 is 12.1 Å². The fraction of sp³-hybridized carbons (Fsp3) is 0.100. The second-order valence-corrected chi connectivity index (χ2v) is 6.28. The van der Waals surface area contributed by atoms with Gasteiger partial charge in [0.1, 0.15) is 5.69 Å². The molecule has 7 nitrogen and oxygen atoms in total. The number of hydrogen-bond acceptors (Lipinski definition) is 5. The zero-order chi connectivity index (χ0) is 21.3. The molecular weight excluding hydrogens is 399 g/mol. The van der Waals surface area contributed by atoms with E-state index in [1.807, 2.05) is 30.3 Å². The first-order valence-corrected chi connectivity index (χ1v) is 8.72. The number of aromatic amines is 1. The zero-order valence-electron chi connectivity index (χ0n) is 15.5. The normalized spacial score (nSPS) is 11.5. The smallest absolute Gasteiger partial charge is 0.417 e. The van der Waals surface area contributed by atoms with E-state index in [4.69, 9.17) is 4.74 Å². The summed E-state index contributed by atoms with van der Waals surface area (Å²) in [6, 6.07) is 12.3. The molecule has 0 aliphatic rings. The van der Waals surface area contributed by atoms with E-state index in [1.165, 1.54) is 29.3 Å². The molecule has 30 heavy (non-hydrogen) atoms. The van der Waals surface area contributed by atoms with Gasteiger partial charge in [-0.1, -0.05) is 30.3 Å². The van der Waals surface area contributed by atoms with E-state index in [0.29, 0.717) is 11.4 Å². The van der Waals surface area contributed by atoms with E-state index in [0.717, 1.165) is 5.56 Å². The van der Waals surface area contributed by atoms with Crippen LogP contribution in [0.1, 0.15) is 0 Å². The van der Waals surface area contributed by atoms with Crippen molar-refractivity contribution in [2.24, 2.45) is 7.05 Å². The minimum Gasteiger partial charge on any atom is -0.417 e. The average Bonchev–Trinajstić information content (AvgIpc) is 3.37. The molecule has 0 unspecified atom stereocenters. The van der Waals surface area contributed by atoms with Crippen LogP contribution in [0.3, 0.4) is 0 Å². The molecule has 4 aromatic rings. The first kappa shape index (κ1) is 19.4. The second kappa shape index (κ2) is 7.47. The number of nitrogens with one attached hydrogen (secondary N) is 1. The maximum atomic E-state index is 12.9. The summed E-state index contributed by atoms with van der Waals surface area (Å²) in [5.74, 6) is -2.56. The third kappa shape index (κ3) is 3.66. The van der Waals surface area contributed by atoms with Crippen LogP contribution >= 0.6 is 0 Å². The number of carbonyl (C=O) groups is 1. The third-order valence-corrected chi connectivity index (χ3v) is 4.31.